The Bertz CT molecular complexity index is 447. The second-order valence-corrected chi connectivity index (χ2v) is 6.38. The van der Waals surface area contributed by atoms with Crippen molar-refractivity contribution in [1.82, 2.24) is 10.2 Å². The van der Waals surface area contributed by atoms with Crippen molar-refractivity contribution in [3.05, 3.63) is 12.2 Å². The zero-order chi connectivity index (χ0) is 16.1. The Morgan fingerprint density at radius 1 is 1.23 bits per heavy atom. The van der Waals surface area contributed by atoms with E-state index in [1.807, 2.05) is 19.1 Å². The highest BCUT2D eigenvalue weighted by molar-refractivity contribution is 6.07. The van der Waals surface area contributed by atoms with Crippen molar-refractivity contribution in [2.45, 2.75) is 58.4 Å². The van der Waals surface area contributed by atoms with Crippen LogP contribution in [0.1, 0.15) is 52.4 Å². The van der Waals surface area contributed by atoms with Crippen molar-refractivity contribution in [3.63, 3.8) is 0 Å². The molecular formula is C17H26N2O3. The van der Waals surface area contributed by atoms with Crippen molar-refractivity contribution >= 4 is 17.7 Å². The van der Waals surface area contributed by atoms with E-state index in [9.17, 15) is 14.4 Å². The predicted molar refractivity (Wildman–Crippen MR) is 83.8 cm³/mol. The van der Waals surface area contributed by atoms with Crippen LogP contribution < -0.4 is 5.32 Å². The van der Waals surface area contributed by atoms with Crippen LogP contribution in [0.3, 0.4) is 0 Å². The van der Waals surface area contributed by atoms with Crippen LogP contribution >= 0.6 is 0 Å². The minimum absolute atomic E-state index is 0.0794. The Morgan fingerprint density at radius 2 is 1.82 bits per heavy atom. The van der Waals surface area contributed by atoms with E-state index >= 15 is 0 Å². The number of fused-ring (bicyclic) bond motifs is 1. The smallest absolute Gasteiger partial charge is 0.240 e. The molecule has 1 aliphatic carbocycles. The maximum Gasteiger partial charge on any atom is 0.240 e. The normalized spacial score (nSPS) is 25.3. The summed E-state index contributed by atoms with van der Waals surface area (Å²) in [5.41, 5.74) is 0. The average Bonchev–Trinajstić information content (AvgIpc) is 2.73. The van der Waals surface area contributed by atoms with Crippen LogP contribution in [0.25, 0.3) is 0 Å². The highest BCUT2D eigenvalue weighted by atomic mass is 16.2. The Balaban J connectivity index is 1.84. The molecule has 5 heteroatoms. The number of hydrogen-bond acceptors (Lipinski definition) is 3. The van der Waals surface area contributed by atoms with Gasteiger partial charge >= 0.3 is 0 Å². The van der Waals surface area contributed by atoms with Gasteiger partial charge in [-0.05, 0) is 26.2 Å². The van der Waals surface area contributed by atoms with E-state index in [4.69, 9.17) is 0 Å². The maximum absolute atomic E-state index is 12.3. The molecule has 1 aliphatic heterocycles. The second-order valence-electron chi connectivity index (χ2n) is 6.38. The van der Waals surface area contributed by atoms with Gasteiger partial charge < -0.3 is 5.32 Å². The molecule has 2 aliphatic rings. The minimum Gasteiger partial charge on any atom is -0.352 e. The molecule has 5 nitrogen and oxygen atoms in total. The quantitative estimate of drug-likeness (QED) is 0.444. The lowest BCUT2D eigenvalue weighted by molar-refractivity contribution is -0.143. The first-order valence-corrected chi connectivity index (χ1v) is 8.34. The highest BCUT2D eigenvalue weighted by Gasteiger charge is 2.47. The van der Waals surface area contributed by atoms with Gasteiger partial charge in [-0.1, -0.05) is 38.3 Å². The number of likely N-dealkylation sites (tertiary alicyclic amines) is 1. The number of amides is 3. The predicted octanol–water partition coefficient (Wildman–Crippen LogP) is 2.02. The summed E-state index contributed by atoms with van der Waals surface area (Å²) in [5.74, 6) is -1.13. The monoisotopic (exact) mass is 306 g/mol. The summed E-state index contributed by atoms with van der Waals surface area (Å²) in [7, 11) is 0. The lowest BCUT2D eigenvalue weighted by Crippen LogP contribution is -2.43. The van der Waals surface area contributed by atoms with E-state index in [1.54, 1.807) is 0 Å². The first kappa shape index (κ1) is 16.7. The van der Waals surface area contributed by atoms with Crippen molar-refractivity contribution in [3.8, 4) is 0 Å². The number of nitrogens with zero attached hydrogens (tertiary/aromatic N) is 1. The molecule has 1 saturated heterocycles. The van der Waals surface area contributed by atoms with E-state index < -0.39 is 0 Å². The lowest BCUT2D eigenvalue weighted by atomic mass is 9.85. The third-order valence-electron chi connectivity index (χ3n) is 4.55. The van der Waals surface area contributed by atoms with Crippen molar-refractivity contribution in [1.29, 1.82) is 0 Å². The van der Waals surface area contributed by atoms with Gasteiger partial charge in [-0.15, -0.1) is 0 Å². The fourth-order valence-corrected chi connectivity index (χ4v) is 3.26. The summed E-state index contributed by atoms with van der Waals surface area (Å²) in [6, 6.07) is 0.0794. The molecule has 0 aromatic carbocycles. The summed E-state index contributed by atoms with van der Waals surface area (Å²) >= 11 is 0. The average molecular weight is 306 g/mol. The van der Waals surface area contributed by atoms with E-state index in [1.165, 1.54) is 0 Å². The Kier molecular flexibility index (Phi) is 5.75. The Morgan fingerprint density at radius 3 is 2.36 bits per heavy atom. The molecule has 122 valence electrons. The first-order chi connectivity index (χ1) is 10.5. The summed E-state index contributed by atoms with van der Waals surface area (Å²) < 4.78 is 0. The molecule has 3 amide bonds. The molecule has 1 fully saturated rings. The molecule has 1 heterocycles. The van der Waals surface area contributed by atoms with Crippen molar-refractivity contribution < 1.29 is 14.4 Å². The first-order valence-electron chi connectivity index (χ1n) is 8.34. The molecule has 0 spiro atoms. The molecule has 0 bridgehead atoms. The van der Waals surface area contributed by atoms with Crippen molar-refractivity contribution in [2.75, 3.05) is 6.54 Å². The van der Waals surface area contributed by atoms with Crippen LogP contribution in [0.5, 0.6) is 0 Å². The third-order valence-corrected chi connectivity index (χ3v) is 4.55. The number of allylic oxidation sites excluding steroid dienone is 2. The van der Waals surface area contributed by atoms with Gasteiger partial charge in [-0.2, -0.15) is 0 Å². The van der Waals surface area contributed by atoms with Gasteiger partial charge in [0.25, 0.3) is 0 Å². The fourth-order valence-electron chi connectivity index (χ4n) is 3.26. The molecule has 0 unspecified atom stereocenters. The zero-order valence-corrected chi connectivity index (χ0v) is 13.5. The number of rotatable bonds is 7. The van der Waals surface area contributed by atoms with Crippen LogP contribution in [0, 0.1) is 11.8 Å². The van der Waals surface area contributed by atoms with Gasteiger partial charge in [0.05, 0.1) is 11.8 Å². The Hall–Kier alpha value is -1.65. The molecule has 0 radical (unpaired) electrons. The number of hydrogen-bond donors (Lipinski definition) is 1. The summed E-state index contributed by atoms with van der Waals surface area (Å²) in [4.78, 5) is 37.8. The molecule has 2 rings (SSSR count). The van der Waals surface area contributed by atoms with Crippen LogP contribution in [0.2, 0.25) is 0 Å². The molecule has 0 aromatic rings. The van der Waals surface area contributed by atoms with Crippen LogP contribution in [0.4, 0.5) is 0 Å². The zero-order valence-electron chi connectivity index (χ0n) is 13.5. The van der Waals surface area contributed by atoms with E-state index in [2.05, 4.69) is 12.2 Å². The molecule has 1 N–H and O–H groups in total. The largest absolute Gasteiger partial charge is 0.352 e. The lowest BCUT2D eigenvalue weighted by Gasteiger charge is -2.18. The van der Waals surface area contributed by atoms with Gasteiger partial charge in [0.2, 0.25) is 17.7 Å². The van der Waals surface area contributed by atoms with Gasteiger partial charge in [0.15, 0.2) is 0 Å². The number of unbranched alkanes of at least 4 members (excludes halogenated alkanes) is 2. The van der Waals surface area contributed by atoms with Crippen LogP contribution in [-0.4, -0.2) is 35.2 Å². The van der Waals surface area contributed by atoms with Gasteiger partial charge in [0, 0.05) is 6.04 Å². The summed E-state index contributed by atoms with van der Waals surface area (Å²) in [6.45, 7) is 3.97. The Labute approximate surface area is 132 Å². The number of nitrogens with one attached hydrogen (secondary N) is 1. The van der Waals surface area contributed by atoms with E-state index in [0.29, 0.717) is 12.8 Å². The number of carbonyl (C=O) groups is 3. The molecule has 3 atom stereocenters. The molecule has 22 heavy (non-hydrogen) atoms. The SMILES string of the molecule is CCCCC[C@H](C)NC(=O)CN1C(=O)[C@@H]2CC=CC[C@H]2C1=O. The van der Waals surface area contributed by atoms with Crippen LogP contribution in [-0.2, 0) is 14.4 Å². The number of imide groups is 1. The second kappa shape index (κ2) is 7.56. The molecular weight excluding hydrogens is 280 g/mol. The van der Waals surface area contributed by atoms with Gasteiger partial charge in [-0.3, -0.25) is 19.3 Å². The number of carbonyl (C=O) groups excluding carboxylic acids is 3. The van der Waals surface area contributed by atoms with Crippen molar-refractivity contribution in [2.24, 2.45) is 11.8 Å². The van der Waals surface area contributed by atoms with Crippen LogP contribution in [0.15, 0.2) is 12.2 Å². The minimum atomic E-state index is -0.257. The molecule has 0 aromatic heterocycles. The van der Waals surface area contributed by atoms with Gasteiger partial charge in [0.1, 0.15) is 6.54 Å². The van der Waals surface area contributed by atoms with E-state index in [-0.39, 0.29) is 42.1 Å². The summed E-state index contributed by atoms with van der Waals surface area (Å²) in [6.07, 6.45) is 9.43. The standard InChI is InChI=1S/C17H26N2O3/c1-3-4-5-8-12(2)18-15(20)11-19-16(21)13-9-6-7-10-14(13)17(19)22/h6-7,12-14H,3-5,8-11H2,1-2H3,(H,18,20)/t12-,13+,14+/m0/s1. The summed E-state index contributed by atoms with van der Waals surface area (Å²) in [5, 5.41) is 2.89. The highest BCUT2D eigenvalue weighted by Crippen LogP contribution is 2.34. The van der Waals surface area contributed by atoms with E-state index in [0.717, 1.165) is 30.6 Å². The van der Waals surface area contributed by atoms with Gasteiger partial charge in [-0.25, -0.2) is 0 Å². The fraction of sp³-hybridized carbons (Fsp3) is 0.706. The third kappa shape index (κ3) is 3.76. The maximum atomic E-state index is 12.3. The molecule has 0 saturated carbocycles. The topological polar surface area (TPSA) is 66.5 Å².